The molecule has 0 unspecified atom stereocenters. The van der Waals surface area contributed by atoms with E-state index in [-0.39, 0.29) is 0 Å². The monoisotopic (exact) mass is 698 g/mol. The highest BCUT2D eigenvalue weighted by Gasteiger charge is 2.18. The summed E-state index contributed by atoms with van der Waals surface area (Å²) in [5.41, 5.74) is 11.6. The molecule has 0 aliphatic heterocycles. The molecule has 6 heteroatoms. The van der Waals surface area contributed by atoms with E-state index < -0.39 is 0 Å². The lowest BCUT2D eigenvalue weighted by Gasteiger charge is -2.15. The van der Waals surface area contributed by atoms with Gasteiger partial charge < -0.3 is 18.6 Å². The Bertz CT molecular complexity index is 2730. The molecule has 0 N–H and O–H groups in total. The zero-order chi connectivity index (χ0) is 36.2. The van der Waals surface area contributed by atoms with Crippen LogP contribution in [0, 0.1) is 0 Å². The number of rotatable bonds is 7. The first-order chi connectivity index (χ1) is 26.7. The number of nitrogens with zero attached hydrogens (tertiary/aromatic N) is 4. The quantitative estimate of drug-likeness (QED) is 0.166. The third-order valence-electron chi connectivity index (χ3n) is 10.4. The average Bonchev–Trinajstić information content (AvgIpc) is 3.76. The van der Waals surface area contributed by atoms with Crippen LogP contribution in [-0.4, -0.2) is 33.3 Å². The number of methoxy groups -OCH3 is 2. The third-order valence-corrected chi connectivity index (χ3v) is 10.4. The van der Waals surface area contributed by atoms with Crippen LogP contribution in [0.1, 0.15) is 0 Å². The van der Waals surface area contributed by atoms with E-state index in [4.69, 9.17) is 19.4 Å². The number of hydrogen-bond donors (Lipinski definition) is 0. The predicted molar refractivity (Wildman–Crippen MR) is 220 cm³/mol. The van der Waals surface area contributed by atoms with E-state index in [0.717, 1.165) is 78.8 Å². The first kappa shape index (κ1) is 31.5. The number of hydrogen-bond acceptors (Lipinski definition) is 4. The van der Waals surface area contributed by atoms with Crippen molar-refractivity contribution in [1.29, 1.82) is 0 Å². The molecule has 6 aromatic carbocycles. The van der Waals surface area contributed by atoms with Crippen LogP contribution in [0.25, 0.3) is 88.9 Å². The number of pyridine rings is 2. The summed E-state index contributed by atoms with van der Waals surface area (Å²) in [6, 6.07) is 58.9. The van der Waals surface area contributed by atoms with E-state index in [2.05, 4.69) is 130 Å². The summed E-state index contributed by atoms with van der Waals surface area (Å²) in [6.07, 6.45) is 0. The molecule has 4 aromatic heterocycles. The van der Waals surface area contributed by atoms with Gasteiger partial charge in [0.15, 0.2) is 0 Å². The van der Waals surface area contributed by atoms with Gasteiger partial charge in [-0.15, -0.1) is 0 Å². The van der Waals surface area contributed by atoms with Crippen LogP contribution in [-0.2, 0) is 0 Å². The van der Waals surface area contributed by atoms with Gasteiger partial charge in [-0.1, -0.05) is 84.9 Å². The van der Waals surface area contributed by atoms with Gasteiger partial charge in [-0.2, -0.15) is 0 Å². The normalized spacial score (nSPS) is 11.5. The minimum atomic E-state index is 0.748. The van der Waals surface area contributed by atoms with E-state index in [9.17, 15) is 0 Å². The van der Waals surface area contributed by atoms with Crippen LogP contribution >= 0.6 is 0 Å². The Hall–Kier alpha value is -7.18. The van der Waals surface area contributed by atoms with Crippen LogP contribution in [0.5, 0.6) is 11.5 Å². The molecule has 0 amide bonds. The Morgan fingerprint density at radius 1 is 0.352 bits per heavy atom. The zero-order valence-electron chi connectivity index (χ0n) is 29.8. The largest absolute Gasteiger partial charge is 0.496 e. The molecule has 0 spiro atoms. The third kappa shape index (κ3) is 5.03. The number of fused-ring (bicyclic) bond motifs is 6. The second kappa shape index (κ2) is 12.8. The van der Waals surface area contributed by atoms with Crippen molar-refractivity contribution in [2.24, 2.45) is 0 Å². The summed E-state index contributed by atoms with van der Waals surface area (Å²) in [4.78, 5) is 10.4. The number of para-hydroxylation sites is 4. The molecule has 0 saturated heterocycles. The first-order valence-electron chi connectivity index (χ1n) is 18.0. The van der Waals surface area contributed by atoms with Gasteiger partial charge in [-0.3, -0.25) is 0 Å². The van der Waals surface area contributed by atoms with Gasteiger partial charge in [0.25, 0.3) is 0 Å². The van der Waals surface area contributed by atoms with Crippen molar-refractivity contribution in [3.8, 4) is 56.8 Å². The molecule has 0 bridgehead atoms. The van der Waals surface area contributed by atoms with Gasteiger partial charge in [-0.05, 0) is 84.9 Å². The first-order valence-corrected chi connectivity index (χ1v) is 18.0. The molecule has 0 radical (unpaired) electrons. The Kier molecular flexibility index (Phi) is 7.47. The molecular weight excluding hydrogens is 665 g/mol. The molecule has 0 aliphatic rings. The maximum atomic E-state index is 5.91. The molecule has 4 heterocycles. The van der Waals surface area contributed by atoms with E-state index in [1.807, 2.05) is 48.5 Å². The number of benzene rings is 6. The maximum Gasteiger partial charge on any atom is 0.128 e. The number of aromatic nitrogens is 4. The molecule has 0 aliphatic carbocycles. The minimum absolute atomic E-state index is 0.748. The van der Waals surface area contributed by atoms with Crippen molar-refractivity contribution < 1.29 is 9.47 Å². The van der Waals surface area contributed by atoms with Gasteiger partial charge >= 0.3 is 0 Å². The summed E-state index contributed by atoms with van der Waals surface area (Å²) >= 11 is 0. The van der Waals surface area contributed by atoms with Crippen molar-refractivity contribution in [3.05, 3.63) is 170 Å². The smallest absolute Gasteiger partial charge is 0.128 e. The van der Waals surface area contributed by atoms with Crippen molar-refractivity contribution in [1.82, 2.24) is 19.1 Å². The van der Waals surface area contributed by atoms with E-state index in [0.29, 0.717) is 0 Å². The molecule has 6 nitrogen and oxygen atoms in total. The summed E-state index contributed by atoms with van der Waals surface area (Å²) in [6.45, 7) is 0. The van der Waals surface area contributed by atoms with Crippen molar-refractivity contribution in [2.75, 3.05) is 14.2 Å². The summed E-state index contributed by atoms with van der Waals surface area (Å²) in [5.74, 6) is 1.50. The lowest BCUT2D eigenvalue weighted by molar-refractivity contribution is 0.416. The predicted octanol–water partition coefficient (Wildman–Crippen LogP) is 11.7. The molecule has 0 atom stereocenters. The fourth-order valence-electron chi connectivity index (χ4n) is 7.93. The van der Waals surface area contributed by atoms with Gasteiger partial charge in [0, 0.05) is 44.0 Å². The minimum Gasteiger partial charge on any atom is -0.496 e. The summed E-state index contributed by atoms with van der Waals surface area (Å²) in [5, 5.41) is 4.87. The van der Waals surface area contributed by atoms with Crippen molar-refractivity contribution in [3.63, 3.8) is 0 Å². The SMILES string of the molecule is COc1ccc(-n2c3ccccc3c3ccccc32)cc1-c1cccc(-c2cccc(-c3cc(-n4c5ccccc5c5ccccc54)ccc3OC)n2)n1. The van der Waals surface area contributed by atoms with Gasteiger partial charge in [0.2, 0.25) is 0 Å². The van der Waals surface area contributed by atoms with Crippen LogP contribution in [0.15, 0.2) is 170 Å². The van der Waals surface area contributed by atoms with Gasteiger partial charge in [-0.25, -0.2) is 9.97 Å². The fraction of sp³-hybridized carbons (Fsp3) is 0.0417. The van der Waals surface area contributed by atoms with Crippen LogP contribution < -0.4 is 9.47 Å². The Labute approximate surface area is 312 Å². The highest BCUT2D eigenvalue weighted by atomic mass is 16.5. The lowest BCUT2D eigenvalue weighted by atomic mass is 10.1. The van der Waals surface area contributed by atoms with Crippen LogP contribution in [0.3, 0.4) is 0 Å². The number of ether oxygens (including phenoxy) is 2. The van der Waals surface area contributed by atoms with E-state index in [1.165, 1.54) is 21.5 Å². The Morgan fingerprint density at radius 3 is 1.04 bits per heavy atom. The van der Waals surface area contributed by atoms with Gasteiger partial charge in [0.1, 0.15) is 11.5 Å². The van der Waals surface area contributed by atoms with E-state index in [1.54, 1.807) is 14.2 Å². The lowest BCUT2D eigenvalue weighted by Crippen LogP contribution is -1.99. The fourth-order valence-corrected chi connectivity index (χ4v) is 7.93. The van der Waals surface area contributed by atoms with Crippen LogP contribution in [0.2, 0.25) is 0 Å². The summed E-state index contributed by atoms with van der Waals surface area (Å²) < 4.78 is 16.4. The second-order valence-corrected chi connectivity index (χ2v) is 13.3. The van der Waals surface area contributed by atoms with Gasteiger partial charge in [0.05, 0.1) is 59.1 Å². The highest BCUT2D eigenvalue weighted by molar-refractivity contribution is 6.10. The average molecular weight is 699 g/mol. The zero-order valence-corrected chi connectivity index (χ0v) is 29.8. The van der Waals surface area contributed by atoms with Crippen LogP contribution in [0.4, 0.5) is 0 Å². The molecule has 10 aromatic rings. The molecular formula is C48H34N4O2. The molecule has 54 heavy (non-hydrogen) atoms. The maximum absolute atomic E-state index is 5.91. The van der Waals surface area contributed by atoms with Crippen molar-refractivity contribution in [2.45, 2.75) is 0 Å². The second-order valence-electron chi connectivity index (χ2n) is 13.3. The van der Waals surface area contributed by atoms with Crippen molar-refractivity contribution >= 4 is 43.6 Å². The standard InChI is InChI=1S/C48H34N4O2/c1-53-47-27-25-31(51-43-21-7-3-13-33(43)34-14-4-8-22-44(34)51)29-37(47)39-17-11-19-41(49-39)42-20-12-18-40(50-42)38-30-32(26-28-48(38)54-2)52-45-23-9-5-15-35(45)36-16-6-10-24-46(36)52/h3-30H,1-2H3. The molecule has 10 rings (SSSR count). The topological polar surface area (TPSA) is 54.1 Å². The summed E-state index contributed by atoms with van der Waals surface area (Å²) in [7, 11) is 3.41. The molecule has 258 valence electrons. The van der Waals surface area contributed by atoms with E-state index >= 15 is 0 Å². The highest BCUT2D eigenvalue weighted by Crippen LogP contribution is 2.39. The molecule has 0 saturated carbocycles. The Balaban J connectivity index is 1.07. The molecule has 0 fully saturated rings. The Morgan fingerprint density at radius 2 is 0.685 bits per heavy atom.